The Hall–Kier alpha value is -2.50. The van der Waals surface area contributed by atoms with E-state index in [1.807, 2.05) is 0 Å². The molecule has 6 heteroatoms. The summed E-state index contributed by atoms with van der Waals surface area (Å²) in [4.78, 5) is 11.2. The van der Waals surface area contributed by atoms with E-state index in [1.165, 1.54) is 7.11 Å². The minimum atomic E-state index is -1.04. The summed E-state index contributed by atoms with van der Waals surface area (Å²) in [6.45, 7) is 1.65. The van der Waals surface area contributed by atoms with Gasteiger partial charge in [0.1, 0.15) is 17.0 Å². The zero-order chi connectivity index (χ0) is 13.3. The van der Waals surface area contributed by atoms with Crippen molar-refractivity contribution in [2.24, 2.45) is 0 Å². The number of nitrogens with two attached hydrogens (primary N) is 1. The van der Waals surface area contributed by atoms with Crippen LogP contribution in [0.1, 0.15) is 16.1 Å². The number of rotatable bonds is 3. The highest BCUT2D eigenvalue weighted by atomic mass is 16.5. The molecule has 0 aliphatic heterocycles. The number of benzene rings is 1. The lowest BCUT2D eigenvalue weighted by atomic mass is 10.0. The number of carboxylic acid groups (broad SMARTS) is 1. The van der Waals surface area contributed by atoms with Crippen molar-refractivity contribution in [1.29, 1.82) is 0 Å². The van der Waals surface area contributed by atoms with Gasteiger partial charge in [-0.05, 0) is 25.1 Å². The van der Waals surface area contributed by atoms with Crippen molar-refractivity contribution >= 4 is 11.7 Å². The molecule has 0 saturated heterocycles. The molecule has 2 aromatic rings. The molecule has 0 aliphatic carbocycles. The number of aromatic carboxylic acids is 1. The summed E-state index contributed by atoms with van der Waals surface area (Å²) in [5.74, 6) is -0.515. The Morgan fingerprint density at radius 2 is 2.22 bits per heavy atom. The maximum atomic E-state index is 11.2. The molecular formula is C12H13N3O3. The van der Waals surface area contributed by atoms with Gasteiger partial charge in [0.2, 0.25) is 0 Å². The largest absolute Gasteiger partial charge is 0.496 e. The SMILES string of the molecule is COc1ccc(N)cc1-c1n[nH]c(C)c1C(=O)O. The van der Waals surface area contributed by atoms with Crippen molar-refractivity contribution in [2.75, 3.05) is 12.8 Å². The van der Waals surface area contributed by atoms with Crippen molar-refractivity contribution in [3.05, 3.63) is 29.5 Å². The number of carbonyl (C=O) groups is 1. The monoisotopic (exact) mass is 247 g/mol. The van der Waals surface area contributed by atoms with Crippen LogP contribution >= 0.6 is 0 Å². The zero-order valence-electron chi connectivity index (χ0n) is 10.0. The van der Waals surface area contributed by atoms with Crippen LogP contribution in [0.25, 0.3) is 11.3 Å². The second kappa shape index (κ2) is 4.40. The van der Waals surface area contributed by atoms with Crippen LogP contribution in [-0.2, 0) is 0 Å². The number of hydrogen-bond acceptors (Lipinski definition) is 4. The van der Waals surface area contributed by atoms with Gasteiger partial charge in [0.05, 0.1) is 7.11 Å². The number of nitrogens with one attached hydrogen (secondary N) is 1. The first-order valence-electron chi connectivity index (χ1n) is 5.26. The van der Waals surface area contributed by atoms with Gasteiger partial charge in [-0.15, -0.1) is 0 Å². The van der Waals surface area contributed by atoms with Gasteiger partial charge in [-0.3, -0.25) is 5.10 Å². The van der Waals surface area contributed by atoms with E-state index in [2.05, 4.69) is 10.2 Å². The van der Waals surface area contributed by atoms with Gasteiger partial charge < -0.3 is 15.6 Å². The van der Waals surface area contributed by atoms with E-state index in [0.29, 0.717) is 28.4 Å². The average Bonchev–Trinajstić information content (AvgIpc) is 2.71. The summed E-state index contributed by atoms with van der Waals surface area (Å²) < 4.78 is 5.20. The number of nitrogen functional groups attached to an aromatic ring is 1. The molecule has 94 valence electrons. The third kappa shape index (κ3) is 1.88. The Bertz CT molecular complexity index is 605. The van der Waals surface area contributed by atoms with Crippen LogP contribution in [0, 0.1) is 6.92 Å². The Morgan fingerprint density at radius 1 is 1.50 bits per heavy atom. The summed E-state index contributed by atoms with van der Waals surface area (Å²) in [5, 5.41) is 15.9. The molecule has 0 saturated carbocycles. The van der Waals surface area contributed by atoms with Crippen LogP contribution in [0.2, 0.25) is 0 Å². The number of hydrogen-bond donors (Lipinski definition) is 3. The van der Waals surface area contributed by atoms with Gasteiger partial charge in [0.15, 0.2) is 0 Å². The fourth-order valence-corrected chi connectivity index (χ4v) is 1.80. The number of nitrogens with zero attached hydrogens (tertiary/aromatic N) is 1. The number of ether oxygens (including phenoxy) is 1. The van der Waals surface area contributed by atoms with Crippen LogP contribution < -0.4 is 10.5 Å². The smallest absolute Gasteiger partial charge is 0.339 e. The highest BCUT2D eigenvalue weighted by molar-refractivity contribution is 5.97. The summed E-state index contributed by atoms with van der Waals surface area (Å²) in [6, 6.07) is 5.00. The molecule has 2 rings (SSSR count). The topological polar surface area (TPSA) is 101 Å². The van der Waals surface area contributed by atoms with Gasteiger partial charge in [0, 0.05) is 16.9 Å². The van der Waals surface area contributed by atoms with Gasteiger partial charge in [-0.2, -0.15) is 5.10 Å². The van der Waals surface area contributed by atoms with Crippen molar-refractivity contribution in [2.45, 2.75) is 6.92 Å². The van der Waals surface area contributed by atoms with Crippen molar-refractivity contribution in [1.82, 2.24) is 10.2 Å². The Morgan fingerprint density at radius 3 is 2.83 bits per heavy atom. The second-order valence-corrected chi connectivity index (χ2v) is 3.84. The van der Waals surface area contributed by atoms with E-state index in [4.69, 9.17) is 10.5 Å². The fourth-order valence-electron chi connectivity index (χ4n) is 1.80. The Kier molecular flexibility index (Phi) is 2.93. The van der Waals surface area contributed by atoms with Crippen molar-refractivity contribution < 1.29 is 14.6 Å². The molecule has 0 aliphatic rings. The van der Waals surface area contributed by atoms with Gasteiger partial charge in [-0.25, -0.2) is 4.79 Å². The summed E-state index contributed by atoms with van der Waals surface area (Å²) >= 11 is 0. The molecule has 0 amide bonds. The maximum absolute atomic E-state index is 11.2. The van der Waals surface area contributed by atoms with E-state index in [1.54, 1.807) is 25.1 Å². The van der Waals surface area contributed by atoms with Gasteiger partial charge in [-0.1, -0.05) is 0 Å². The molecule has 6 nitrogen and oxygen atoms in total. The first kappa shape index (κ1) is 12.0. The van der Waals surface area contributed by atoms with Crippen LogP contribution in [-0.4, -0.2) is 28.4 Å². The Labute approximate surface area is 103 Å². The molecule has 0 bridgehead atoms. The van der Waals surface area contributed by atoms with Crippen LogP contribution in [0.4, 0.5) is 5.69 Å². The first-order chi connectivity index (χ1) is 8.54. The molecule has 1 aromatic heterocycles. The predicted octanol–water partition coefficient (Wildman–Crippen LogP) is 1.67. The van der Waals surface area contributed by atoms with E-state index in [9.17, 15) is 9.90 Å². The lowest BCUT2D eigenvalue weighted by Crippen LogP contribution is -2.00. The first-order valence-corrected chi connectivity index (χ1v) is 5.26. The predicted molar refractivity (Wildman–Crippen MR) is 66.7 cm³/mol. The van der Waals surface area contributed by atoms with E-state index in [-0.39, 0.29) is 5.56 Å². The highest BCUT2D eigenvalue weighted by Gasteiger charge is 2.21. The molecule has 1 heterocycles. The number of methoxy groups -OCH3 is 1. The average molecular weight is 247 g/mol. The molecule has 1 aromatic carbocycles. The number of aromatic amines is 1. The molecule has 0 radical (unpaired) electrons. The van der Waals surface area contributed by atoms with Gasteiger partial charge >= 0.3 is 5.97 Å². The van der Waals surface area contributed by atoms with Crippen LogP contribution in [0.5, 0.6) is 5.75 Å². The highest BCUT2D eigenvalue weighted by Crippen LogP contribution is 2.33. The molecule has 0 atom stereocenters. The minimum Gasteiger partial charge on any atom is -0.496 e. The maximum Gasteiger partial charge on any atom is 0.339 e. The standard InChI is InChI=1S/C12H13N3O3/c1-6-10(12(16)17)11(15-14-6)8-5-7(13)3-4-9(8)18-2/h3-5H,13H2,1-2H3,(H,14,15)(H,16,17). The third-order valence-electron chi connectivity index (χ3n) is 2.64. The summed E-state index contributed by atoms with van der Waals surface area (Å²) in [5.41, 5.74) is 7.72. The number of aryl methyl sites for hydroxylation is 1. The van der Waals surface area contributed by atoms with Gasteiger partial charge in [0.25, 0.3) is 0 Å². The van der Waals surface area contributed by atoms with E-state index < -0.39 is 5.97 Å². The second-order valence-electron chi connectivity index (χ2n) is 3.84. The fraction of sp³-hybridized carbons (Fsp3) is 0.167. The zero-order valence-corrected chi connectivity index (χ0v) is 10.0. The van der Waals surface area contributed by atoms with Crippen LogP contribution in [0.3, 0.4) is 0 Å². The third-order valence-corrected chi connectivity index (χ3v) is 2.64. The quantitative estimate of drug-likeness (QED) is 0.716. The lowest BCUT2D eigenvalue weighted by Gasteiger charge is -2.08. The number of carboxylic acids is 1. The summed E-state index contributed by atoms with van der Waals surface area (Å²) in [7, 11) is 1.51. The van der Waals surface area contributed by atoms with Crippen LogP contribution in [0.15, 0.2) is 18.2 Å². The molecule has 0 fully saturated rings. The molecular weight excluding hydrogens is 234 g/mol. The van der Waals surface area contributed by atoms with Crippen molar-refractivity contribution in [3.8, 4) is 17.0 Å². The lowest BCUT2D eigenvalue weighted by molar-refractivity contribution is 0.0697. The minimum absolute atomic E-state index is 0.124. The van der Waals surface area contributed by atoms with Crippen molar-refractivity contribution in [3.63, 3.8) is 0 Å². The number of H-pyrrole nitrogens is 1. The van der Waals surface area contributed by atoms with E-state index >= 15 is 0 Å². The normalized spacial score (nSPS) is 10.3. The van der Waals surface area contributed by atoms with E-state index in [0.717, 1.165) is 0 Å². The summed E-state index contributed by atoms with van der Waals surface area (Å²) in [6.07, 6.45) is 0. The molecule has 0 unspecified atom stereocenters. The molecule has 4 N–H and O–H groups in total. The molecule has 0 spiro atoms. The number of anilines is 1. The number of aromatic nitrogens is 2. The molecule has 18 heavy (non-hydrogen) atoms. The Balaban J connectivity index is 2.69.